The summed E-state index contributed by atoms with van der Waals surface area (Å²) in [6, 6.07) is 12.2. The molecule has 2 N–H and O–H groups in total. The highest BCUT2D eigenvalue weighted by Gasteiger charge is 2.39. The van der Waals surface area contributed by atoms with E-state index in [1.165, 1.54) is 50.2 Å². The number of nitrogens with one attached hydrogen (secondary N) is 1. The van der Waals surface area contributed by atoms with Crippen molar-refractivity contribution in [1.29, 1.82) is 0 Å². The summed E-state index contributed by atoms with van der Waals surface area (Å²) in [6.07, 6.45) is 5.52. The number of hydrogen-bond donors (Lipinski definition) is 3. The SMILES string of the molecule is COc1cc(O)ccc1-c1ccc2c(c1COC(=O)c1ccc(C)s1)N(C)C(=O)C(C)(C)N2.SC1CCCC1. The molecule has 1 saturated carbocycles. The summed E-state index contributed by atoms with van der Waals surface area (Å²) in [4.78, 5) is 28.9. The van der Waals surface area contributed by atoms with Crippen molar-refractivity contribution in [3.63, 3.8) is 0 Å². The normalized spacial score (nSPS) is 16.2. The molecule has 5 rings (SSSR count). The third-order valence-electron chi connectivity index (χ3n) is 6.99. The van der Waals surface area contributed by atoms with Gasteiger partial charge < -0.3 is 24.8 Å². The van der Waals surface area contributed by atoms with Gasteiger partial charge in [0.1, 0.15) is 28.5 Å². The highest BCUT2D eigenvalue weighted by Crippen LogP contribution is 2.44. The number of phenolic OH excluding ortho intramolecular Hbond substituents is 1. The molecule has 7 nitrogen and oxygen atoms in total. The van der Waals surface area contributed by atoms with Crippen LogP contribution in [-0.4, -0.2) is 41.9 Å². The number of aryl methyl sites for hydroxylation is 1. The second-order valence-electron chi connectivity index (χ2n) is 10.4. The number of thiol groups is 1. The Balaban J connectivity index is 0.000000519. The monoisotopic (exact) mass is 568 g/mol. The molecule has 1 fully saturated rings. The Bertz CT molecular complexity index is 1360. The van der Waals surface area contributed by atoms with Gasteiger partial charge in [-0.1, -0.05) is 18.9 Å². The first-order chi connectivity index (χ1) is 18.5. The lowest BCUT2D eigenvalue weighted by atomic mass is 9.92. The zero-order valence-electron chi connectivity index (χ0n) is 23.0. The van der Waals surface area contributed by atoms with E-state index in [4.69, 9.17) is 9.47 Å². The smallest absolute Gasteiger partial charge is 0.348 e. The van der Waals surface area contributed by atoms with Gasteiger partial charge in [-0.15, -0.1) is 11.3 Å². The van der Waals surface area contributed by atoms with Crippen LogP contribution in [0.15, 0.2) is 42.5 Å². The van der Waals surface area contributed by atoms with Gasteiger partial charge in [0, 0.05) is 34.4 Å². The number of benzene rings is 2. The topological polar surface area (TPSA) is 88.1 Å². The third kappa shape index (κ3) is 6.36. The third-order valence-corrected chi connectivity index (χ3v) is 8.49. The number of methoxy groups -OCH3 is 1. The number of nitrogens with zero attached hydrogens (tertiary/aromatic N) is 1. The van der Waals surface area contributed by atoms with Crippen LogP contribution in [0.5, 0.6) is 11.5 Å². The molecule has 0 unspecified atom stereocenters. The number of amides is 1. The Morgan fingerprint density at radius 2 is 1.85 bits per heavy atom. The van der Waals surface area contributed by atoms with Gasteiger partial charge in [-0.2, -0.15) is 12.6 Å². The number of rotatable bonds is 5. The van der Waals surface area contributed by atoms with Gasteiger partial charge >= 0.3 is 5.97 Å². The van der Waals surface area contributed by atoms with Gasteiger partial charge in [-0.05, 0) is 69.5 Å². The van der Waals surface area contributed by atoms with Crippen LogP contribution in [-0.2, 0) is 16.1 Å². The summed E-state index contributed by atoms with van der Waals surface area (Å²) >= 11 is 5.66. The summed E-state index contributed by atoms with van der Waals surface area (Å²) < 4.78 is 11.2. The maximum atomic E-state index is 13.0. The van der Waals surface area contributed by atoms with Crippen LogP contribution in [0.4, 0.5) is 11.4 Å². The summed E-state index contributed by atoms with van der Waals surface area (Å²) in [5.74, 6) is 0.0125. The number of carbonyl (C=O) groups excluding carboxylic acids is 2. The molecule has 1 amide bonds. The molecule has 0 saturated heterocycles. The zero-order valence-corrected chi connectivity index (χ0v) is 24.7. The van der Waals surface area contributed by atoms with Crippen molar-refractivity contribution in [3.05, 3.63) is 57.8 Å². The number of thiophene rings is 1. The van der Waals surface area contributed by atoms with Crippen LogP contribution in [0.3, 0.4) is 0 Å². The number of aromatic hydroxyl groups is 1. The molecule has 39 heavy (non-hydrogen) atoms. The molecule has 3 aromatic rings. The number of ether oxygens (including phenoxy) is 2. The average molecular weight is 569 g/mol. The van der Waals surface area contributed by atoms with Crippen molar-refractivity contribution in [2.45, 2.75) is 63.9 Å². The first-order valence-corrected chi connectivity index (χ1v) is 14.4. The van der Waals surface area contributed by atoms with Crippen LogP contribution >= 0.6 is 24.0 Å². The Kier molecular flexibility index (Phi) is 8.81. The molecule has 2 aromatic carbocycles. The Labute approximate surface area is 239 Å². The minimum atomic E-state index is -0.776. The van der Waals surface area contributed by atoms with Crippen molar-refractivity contribution in [2.75, 3.05) is 24.4 Å². The fourth-order valence-corrected chi connectivity index (χ4v) is 6.12. The van der Waals surface area contributed by atoms with Gasteiger partial charge in [-0.3, -0.25) is 4.79 Å². The number of esters is 1. The van der Waals surface area contributed by atoms with Gasteiger partial charge in [0.05, 0.1) is 18.5 Å². The number of likely N-dealkylation sites (N-methyl/N-ethyl adjacent to an activating group) is 1. The summed E-state index contributed by atoms with van der Waals surface area (Å²) in [6.45, 7) is 5.53. The summed E-state index contributed by atoms with van der Waals surface area (Å²) in [7, 11) is 3.24. The van der Waals surface area contributed by atoms with E-state index in [0.717, 1.165) is 21.4 Å². The highest BCUT2D eigenvalue weighted by atomic mass is 32.1. The lowest BCUT2D eigenvalue weighted by molar-refractivity contribution is -0.121. The first-order valence-electron chi connectivity index (χ1n) is 13.0. The van der Waals surface area contributed by atoms with Gasteiger partial charge in [0.15, 0.2) is 0 Å². The molecule has 0 atom stereocenters. The number of hydrogen-bond acceptors (Lipinski definition) is 8. The molecule has 0 spiro atoms. The molecule has 1 aliphatic carbocycles. The fraction of sp³-hybridized carbons (Fsp3) is 0.400. The second kappa shape index (κ2) is 11.9. The van der Waals surface area contributed by atoms with Crippen molar-refractivity contribution < 1.29 is 24.2 Å². The molecular formula is C30H36N2O5S2. The van der Waals surface area contributed by atoms with E-state index in [2.05, 4.69) is 17.9 Å². The molecule has 1 aliphatic heterocycles. The van der Waals surface area contributed by atoms with E-state index in [0.29, 0.717) is 27.4 Å². The number of phenols is 1. The molecule has 208 valence electrons. The van der Waals surface area contributed by atoms with Crippen molar-refractivity contribution >= 4 is 47.2 Å². The minimum absolute atomic E-state index is 0.0436. The number of carbonyl (C=O) groups is 2. The summed E-state index contributed by atoms with van der Waals surface area (Å²) in [5, 5.41) is 13.9. The molecule has 0 radical (unpaired) electrons. The van der Waals surface area contributed by atoms with E-state index in [1.807, 2.05) is 39.0 Å². The Morgan fingerprint density at radius 1 is 1.15 bits per heavy atom. The van der Waals surface area contributed by atoms with Crippen molar-refractivity contribution in [3.8, 4) is 22.6 Å². The quantitative estimate of drug-likeness (QED) is 0.231. The van der Waals surface area contributed by atoms with Crippen LogP contribution in [0.2, 0.25) is 0 Å². The first kappa shape index (κ1) is 28.8. The van der Waals surface area contributed by atoms with Gasteiger partial charge in [-0.25, -0.2) is 4.79 Å². The van der Waals surface area contributed by atoms with E-state index < -0.39 is 11.5 Å². The molecule has 9 heteroatoms. The van der Waals surface area contributed by atoms with Crippen molar-refractivity contribution in [2.24, 2.45) is 0 Å². The number of anilines is 2. The van der Waals surface area contributed by atoms with E-state index >= 15 is 0 Å². The van der Waals surface area contributed by atoms with Crippen LogP contribution in [0.1, 0.15) is 59.6 Å². The molecule has 0 bridgehead atoms. The van der Waals surface area contributed by atoms with Crippen molar-refractivity contribution in [1.82, 2.24) is 0 Å². The maximum absolute atomic E-state index is 13.0. The predicted octanol–water partition coefficient (Wildman–Crippen LogP) is 6.82. The molecule has 2 aliphatic rings. The second-order valence-corrected chi connectivity index (χ2v) is 12.4. The van der Waals surface area contributed by atoms with Crippen LogP contribution < -0.4 is 15.0 Å². The minimum Gasteiger partial charge on any atom is -0.508 e. The number of fused-ring (bicyclic) bond motifs is 1. The Morgan fingerprint density at radius 3 is 2.44 bits per heavy atom. The lowest BCUT2D eigenvalue weighted by Gasteiger charge is -2.39. The Hall–Kier alpha value is -3.17. The van der Waals surface area contributed by atoms with Crippen LogP contribution in [0, 0.1) is 6.92 Å². The summed E-state index contributed by atoms with van der Waals surface area (Å²) in [5.41, 5.74) is 2.74. The largest absolute Gasteiger partial charge is 0.508 e. The zero-order chi connectivity index (χ0) is 28.3. The predicted molar refractivity (Wildman–Crippen MR) is 161 cm³/mol. The maximum Gasteiger partial charge on any atom is 0.348 e. The van der Waals surface area contributed by atoms with Gasteiger partial charge in [0.2, 0.25) is 0 Å². The van der Waals surface area contributed by atoms with E-state index in [1.54, 1.807) is 30.1 Å². The average Bonchev–Trinajstić information content (AvgIpc) is 3.56. The standard InChI is InChI=1S/C25H26N2O5S.C5H10S/c1-14-6-11-21(33-14)23(29)32-13-18-16(17-8-7-15(28)12-20(17)31-5)9-10-19-22(18)27(4)24(30)25(2,3)26-19;6-5-3-1-2-4-5/h6-12,26,28H,13H2,1-5H3;5-6H,1-4H2. The van der Waals surface area contributed by atoms with Crippen LogP contribution in [0.25, 0.3) is 11.1 Å². The molecule has 1 aromatic heterocycles. The lowest BCUT2D eigenvalue weighted by Crippen LogP contribution is -2.52. The molecule has 2 heterocycles. The van der Waals surface area contributed by atoms with Gasteiger partial charge in [0.25, 0.3) is 5.91 Å². The fourth-order valence-electron chi connectivity index (χ4n) is 4.99. The highest BCUT2D eigenvalue weighted by molar-refractivity contribution is 7.80. The molecular weight excluding hydrogens is 532 g/mol. The van der Waals surface area contributed by atoms with E-state index in [9.17, 15) is 14.7 Å². The van der Waals surface area contributed by atoms with E-state index in [-0.39, 0.29) is 18.3 Å².